The second-order valence-corrected chi connectivity index (χ2v) is 11.2. The first kappa shape index (κ1) is 25.3. The van der Waals surface area contributed by atoms with E-state index in [1.807, 2.05) is 13.0 Å². The SMILES string of the molecule is CCN(CC)c1ccc2c(-c3ccc(S(=O)(=O)Cl)cc3C)c3ccc(=[N+](CC)CC)cc-3oc2c1. The summed E-state index contributed by atoms with van der Waals surface area (Å²) in [6.45, 7) is 14.1. The number of hydrogen-bond donors (Lipinski definition) is 0. The summed E-state index contributed by atoms with van der Waals surface area (Å²) < 4.78 is 32.6. The fourth-order valence-corrected chi connectivity index (χ4v) is 5.63. The molecule has 0 bridgehead atoms. The van der Waals surface area contributed by atoms with E-state index < -0.39 is 9.05 Å². The Labute approximate surface area is 212 Å². The van der Waals surface area contributed by atoms with Crippen LogP contribution in [-0.4, -0.2) is 34.6 Å². The third-order valence-corrected chi connectivity index (χ3v) is 8.05. The van der Waals surface area contributed by atoms with Crippen molar-refractivity contribution in [2.45, 2.75) is 39.5 Å². The van der Waals surface area contributed by atoms with Gasteiger partial charge in [-0.3, -0.25) is 0 Å². The molecule has 0 saturated heterocycles. The smallest absolute Gasteiger partial charge is 0.261 e. The number of anilines is 1. The number of hydrogen-bond acceptors (Lipinski definition) is 4. The van der Waals surface area contributed by atoms with Gasteiger partial charge in [-0.05, 0) is 76.1 Å². The number of benzene rings is 3. The van der Waals surface area contributed by atoms with Crippen LogP contribution in [0.1, 0.15) is 33.3 Å². The maximum absolute atomic E-state index is 11.9. The minimum Gasteiger partial charge on any atom is -0.456 e. The van der Waals surface area contributed by atoms with Crippen molar-refractivity contribution >= 4 is 36.4 Å². The van der Waals surface area contributed by atoms with Gasteiger partial charge in [0, 0.05) is 58.1 Å². The Morgan fingerprint density at radius 3 is 2.17 bits per heavy atom. The summed E-state index contributed by atoms with van der Waals surface area (Å²) in [4.78, 5) is 2.39. The third-order valence-electron chi connectivity index (χ3n) is 6.69. The van der Waals surface area contributed by atoms with Gasteiger partial charge in [0.05, 0.1) is 11.0 Å². The van der Waals surface area contributed by atoms with Crippen molar-refractivity contribution in [2.75, 3.05) is 31.1 Å². The molecular formula is C28H32ClN2O3S+. The largest absolute Gasteiger partial charge is 0.456 e. The van der Waals surface area contributed by atoms with Gasteiger partial charge in [-0.25, -0.2) is 13.0 Å². The molecular weight excluding hydrogens is 480 g/mol. The summed E-state index contributed by atoms with van der Waals surface area (Å²) in [7, 11) is 1.81. The monoisotopic (exact) mass is 511 g/mol. The van der Waals surface area contributed by atoms with E-state index in [1.54, 1.807) is 12.1 Å². The van der Waals surface area contributed by atoms with Gasteiger partial charge in [0.15, 0.2) is 0 Å². The normalized spacial score (nSPS) is 11.8. The first-order valence-corrected chi connectivity index (χ1v) is 14.4. The summed E-state index contributed by atoms with van der Waals surface area (Å²) >= 11 is 0. The van der Waals surface area contributed by atoms with E-state index in [4.69, 9.17) is 15.1 Å². The van der Waals surface area contributed by atoms with Crippen LogP contribution < -0.4 is 14.8 Å². The molecule has 5 nitrogen and oxygen atoms in total. The van der Waals surface area contributed by atoms with E-state index in [2.05, 4.69) is 73.6 Å². The van der Waals surface area contributed by atoms with Crippen molar-refractivity contribution in [3.05, 3.63) is 65.5 Å². The molecule has 1 aliphatic heterocycles. The van der Waals surface area contributed by atoms with E-state index in [-0.39, 0.29) is 4.90 Å². The second-order valence-electron chi connectivity index (χ2n) is 8.60. The van der Waals surface area contributed by atoms with Crippen molar-refractivity contribution in [3.63, 3.8) is 0 Å². The lowest BCUT2D eigenvalue weighted by Crippen LogP contribution is -2.29. The molecule has 2 aromatic carbocycles. The highest BCUT2D eigenvalue weighted by Crippen LogP contribution is 2.42. The zero-order valence-electron chi connectivity index (χ0n) is 20.9. The van der Waals surface area contributed by atoms with E-state index >= 15 is 0 Å². The van der Waals surface area contributed by atoms with Crippen LogP contribution in [0.2, 0.25) is 0 Å². The molecule has 35 heavy (non-hydrogen) atoms. The Kier molecular flexibility index (Phi) is 7.25. The number of aryl methyl sites for hydroxylation is 1. The van der Waals surface area contributed by atoms with E-state index in [0.717, 1.165) is 76.2 Å². The van der Waals surface area contributed by atoms with Crippen LogP contribution in [0.25, 0.3) is 33.4 Å². The summed E-state index contributed by atoms with van der Waals surface area (Å²) in [6, 6.07) is 17.7. The van der Waals surface area contributed by atoms with Gasteiger partial charge in [-0.15, -0.1) is 0 Å². The van der Waals surface area contributed by atoms with Crippen LogP contribution in [0.3, 0.4) is 0 Å². The fourth-order valence-electron chi connectivity index (χ4n) is 4.80. The molecule has 2 aliphatic rings. The molecule has 1 heterocycles. The molecule has 0 N–H and O–H groups in total. The van der Waals surface area contributed by atoms with Gasteiger partial charge in [0.2, 0.25) is 5.36 Å². The zero-order chi connectivity index (χ0) is 25.3. The predicted octanol–water partition coefficient (Wildman–Crippen LogP) is 6.10. The lowest BCUT2D eigenvalue weighted by molar-refractivity contribution is 0.604. The summed E-state index contributed by atoms with van der Waals surface area (Å²) in [5, 5.41) is 2.09. The minimum atomic E-state index is -3.81. The van der Waals surface area contributed by atoms with Gasteiger partial charge in [-0.1, -0.05) is 6.07 Å². The average molecular weight is 512 g/mol. The van der Waals surface area contributed by atoms with Crippen molar-refractivity contribution < 1.29 is 12.8 Å². The molecule has 0 radical (unpaired) electrons. The standard InChI is InChI=1S/C28H32ClN2O3S/c1-6-30(7-2)20-10-13-24-26(17-20)34-27-18-21(31(8-3)9-4)11-14-25(27)28(24)23-15-12-22(16-19(23)5)35(29,32)33/h10-18H,6-9H2,1-5H3/q+1. The highest BCUT2D eigenvalue weighted by molar-refractivity contribution is 8.13. The fraction of sp³-hybridized carbons (Fsp3) is 0.321. The third kappa shape index (κ3) is 4.82. The lowest BCUT2D eigenvalue weighted by atomic mass is 9.91. The van der Waals surface area contributed by atoms with Gasteiger partial charge < -0.3 is 9.32 Å². The summed E-state index contributed by atoms with van der Waals surface area (Å²) in [6.07, 6.45) is 0. The maximum atomic E-state index is 11.9. The molecule has 0 atom stereocenters. The highest BCUT2D eigenvalue weighted by atomic mass is 35.7. The minimum absolute atomic E-state index is 0.0993. The Hall–Kier alpha value is -2.83. The van der Waals surface area contributed by atoms with Gasteiger partial charge in [0.25, 0.3) is 9.05 Å². The van der Waals surface area contributed by atoms with E-state index in [1.165, 1.54) is 0 Å². The topological polar surface area (TPSA) is 53.5 Å². The van der Waals surface area contributed by atoms with Crippen LogP contribution in [0.15, 0.2) is 63.9 Å². The Morgan fingerprint density at radius 2 is 1.57 bits per heavy atom. The van der Waals surface area contributed by atoms with Crippen LogP contribution in [0, 0.1) is 6.92 Å². The molecule has 184 valence electrons. The van der Waals surface area contributed by atoms with E-state index in [0.29, 0.717) is 0 Å². The Balaban J connectivity index is 2.10. The predicted molar refractivity (Wildman–Crippen MR) is 146 cm³/mol. The first-order valence-electron chi connectivity index (χ1n) is 12.1. The molecule has 0 saturated carbocycles. The zero-order valence-corrected chi connectivity index (χ0v) is 22.5. The summed E-state index contributed by atoms with van der Waals surface area (Å²) in [5.74, 6) is 0.794. The Morgan fingerprint density at radius 1 is 0.886 bits per heavy atom. The van der Waals surface area contributed by atoms with Gasteiger partial charge >= 0.3 is 0 Å². The molecule has 1 aliphatic carbocycles. The van der Waals surface area contributed by atoms with Gasteiger partial charge in [-0.2, -0.15) is 0 Å². The van der Waals surface area contributed by atoms with Crippen molar-refractivity contribution in [1.29, 1.82) is 0 Å². The number of nitrogens with zero attached hydrogens (tertiary/aromatic N) is 2. The van der Waals surface area contributed by atoms with Crippen LogP contribution in [0.5, 0.6) is 0 Å². The summed E-state index contributed by atoms with van der Waals surface area (Å²) in [5.41, 5.74) is 5.69. The quantitative estimate of drug-likeness (QED) is 0.171. The lowest BCUT2D eigenvalue weighted by Gasteiger charge is -2.22. The van der Waals surface area contributed by atoms with Crippen LogP contribution >= 0.6 is 10.7 Å². The molecule has 2 aromatic rings. The van der Waals surface area contributed by atoms with Crippen LogP contribution in [-0.2, 0) is 9.05 Å². The van der Waals surface area contributed by atoms with E-state index in [9.17, 15) is 8.42 Å². The average Bonchev–Trinajstić information content (AvgIpc) is 2.83. The van der Waals surface area contributed by atoms with Crippen molar-refractivity contribution in [2.24, 2.45) is 0 Å². The molecule has 7 heteroatoms. The number of halogens is 1. The van der Waals surface area contributed by atoms with Crippen LogP contribution in [0.4, 0.5) is 5.69 Å². The molecule has 0 fully saturated rings. The maximum Gasteiger partial charge on any atom is 0.261 e. The second kappa shape index (κ2) is 10.0. The number of rotatable bonds is 7. The molecule has 0 unspecified atom stereocenters. The van der Waals surface area contributed by atoms with Crippen molar-refractivity contribution in [3.8, 4) is 22.5 Å². The molecule has 0 aromatic heterocycles. The van der Waals surface area contributed by atoms with Crippen molar-refractivity contribution in [1.82, 2.24) is 4.58 Å². The van der Waals surface area contributed by atoms with Gasteiger partial charge in [0.1, 0.15) is 24.4 Å². The first-order chi connectivity index (χ1) is 16.7. The molecule has 0 spiro atoms. The Bertz CT molecular complexity index is 1530. The highest BCUT2D eigenvalue weighted by Gasteiger charge is 2.21. The molecule has 4 rings (SSSR count). The number of fused-ring (bicyclic) bond motifs is 2. The molecule has 0 amide bonds.